The number of halogens is 2. The first kappa shape index (κ1) is 11.5. The molecule has 0 spiro atoms. The van der Waals surface area contributed by atoms with E-state index >= 15 is 0 Å². The highest BCUT2D eigenvalue weighted by atomic mass is 79.9. The molecule has 1 aromatic carbocycles. The van der Waals surface area contributed by atoms with Crippen molar-refractivity contribution in [1.29, 1.82) is 0 Å². The lowest BCUT2D eigenvalue weighted by Gasteiger charge is -2.13. The summed E-state index contributed by atoms with van der Waals surface area (Å²) < 4.78 is 1.03. The molecule has 0 bridgehead atoms. The van der Waals surface area contributed by atoms with Crippen LogP contribution in [0.5, 0.6) is 0 Å². The first-order valence-corrected chi connectivity index (χ1v) is 5.57. The molecule has 4 heteroatoms. The first-order chi connectivity index (χ1) is 6.63. The van der Waals surface area contributed by atoms with Crippen molar-refractivity contribution in [3.05, 3.63) is 34.3 Å². The van der Waals surface area contributed by atoms with Gasteiger partial charge in [-0.05, 0) is 24.6 Å². The lowest BCUT2D eigenvalue weighted by Crippen LogP contribution is -2.27. The highest BCUT2D eigenvalue weighted by molar-refractivity contribution is 9.10. The SMILES string of the molecule is C[C@@H](NC(=O)CCl)c1ccc(Br)cc1. The standard InChI is InChI=1S/C10H11BrClNO/c1-7(13-10(14)6-12)8-2-4-9(11)5-3-8/h2-5,7H,6H2,1H3,(H,13,14)/t7-/m1/s1. The number of alkyl halides is 1. The summed E-state index contributed by atoms with van der Waals surface area (Å²) in [6.07, 6.45) is 0. The highest BCUT2D eigenvalue weighted by Crippen LogP contribution is 2.16. The van der Waals surface area contributed by atoms with E-state index in [9.17, 15) is 4.79 Å². The predicted octanol–water partition coefficient (Wildman–Crippen LogP) is 2.87. The number of benzene rings is 1. The second-order valence-electron chi connectivity index (χ2n) is 2.97. The minimum absolute atomic E-state index is 0.000861. The van der Waals surface area contributed by atoms with Crippen molar-refractivity contribution in [2.45, 2.75) is 13.0 Å². The van der Waals surface area contributed by atoms with Crippen LogP contribution in [0.2, 0.25) is 0 Å². The Bertz CT molecular complexity index is 312. The van der Waals surface area contributed by atoms with Crippen LogP contribution in [0.1, 0.15) is 18.5 Å². The fourth-order valence-corrected chi connectivity index (χ4v) is 1.46. The van der Waals surface area contributed by atoms with Gasteiger partial charge in [-0.2, -0.15) is 0 Å². The molecule has 1 amide bonds. The maximum atomic E-state index is 11.0. The molecular weight excluding hydrogens is 265 g/mol. The molecule has 14 heavy (non-hydrogen) atoms. The van der Waals surface area contributed by atoms with Crippen LogP contribution in [0.25, 0.3) is 0 Å². The molecule has 76 valence electrons. The van der Waals surface area contributed by atoms with E-state index in [1.165, 1.54) is 0 Å². The summed E-state index contributed by atoms with van der Waals surface area (Å²) in [5.74, 6) is -0.150. The van der Waals surface area contributed by atoms with Gasteiger partial charge in [-0.1, -0.05) is 28.1 Å². The third-order valence-corrected chi connectivity index (χ3v) is 2.64. The fraction of sp³-hybridized carbons (Fsp3) is 0.300. The Labute approximate surface area is 96.8 Å². The van der Waals surface area contributed by atoms with Crippen molar-refractivity contribution in [1.82, 2.24) is 5.32 Å². The van der Waals surface area contributed by atoms with Crippen molar-refractivity contribution in [2.75, 3.05) is 5.88 Å². The lowest BCUT2D eigenvalue weighted by atomic mass is 10.1. The molecule has 0 fully saturated rings. The maximum absolute atomic E-state index is 11.0. The number of amides is 1. The van der Waals surface area contributed by atoms with Gasteiger partial charge in [-0.3, -0.25) is 4.79 Å². The van der Waals surface area contributed by atoms with Crippen LogP contribution in [-0.2, 0) is 4.79 Å². The zero-order chi connectivity index (χ0) is 10.6. The Morgan fingerprint density at radius 3 is 2.57 bits per heavy atom. The lowest BCUT2D eigenvalue weighted by molar-refractivity contribution is -0.119. The molecule has 1 N–H and O–H groups in total. The van der Waals surface area contributed by atoms with Gasteiger partial charge in [0.1, 0.15) is 5.88 Å². The largest absolute Gasteiger partial charge is 0.349 e. The number of carbonyl (C=O) groups excluding carboxylic acids is 1. The topological polar surface area (TPSA) is 29.1 Å². The summed E-state index contributed by atoms with van der Waals surface area (Å²) >= 11 is 8.74. The van der Waals surface area contributed by atoms with Gasteiger partial charge >= 0.3 is 0 Å². The minimum atomic E-state index is -0.151. The Balaban J connectivity index is 2.65. The van der Waals surface area contributed by atoms with Gasteiger partial charge in [0.2, 0.25) is 5.91 Å². The van der Waals surface area contributed by atoms with Crippen molar-refractivity contribution in [3.8, 4) is 0 Å². The van der Waals surface area contributed by atoms with E-state index in [-0.39, 0.29) is 17.8 Å². The molecule has 2 nitrogen and oxygen atoms in total. The summed E-state index contributed by atoms with van der Waals surface area (Å²) in [5, 5.41) is 2.78. The molecule has 0 aliphatic rings. The molecule has 1 rings (SSSR count). The Kier molecular flexibility index (Phi) is 4.42. The average Bonchev–Trinajstić information content (AvgIpc) is 2.18. The summed E-state index contributed by atoms with van der Waals surface area (Å²) in [6, 6.07) is 7.80. The zero-order valence-corrected chi connectivity index (χ0v) is 10.1. The normalized spacial score (nSPS) is 12.2. The van der Waals surface area contributed by atoms with E-state index in [1.807, 2.05) is 31.2 Å². The summed E-state index contributed by atoms with van der Waals surface area (Å²) in [5.41, 5.74) is 1.06. The summed E-state index contributed by atoms with van der Waals surface area (Å²) in [7, 11) is 0. The van der Waals surface area contributed by atoms with Crippen LogP contribution in [-0.4, -0.2) is 11.8 Å². The minimum Gasteiger partial charge on any atom is -0.349 e. The molecule has 0 unspecified atom stereocenters. The van der Waals surface area contributed by atoms with Gasteiger partial charge in [-0.25, -0.2) is 0 Å². The van der Waals surface area contributed by atoms with Gasteiger partial charge in [0, 0.05) is 4.47 Å². The molecule has 0 saturated carbocycles. The van der Waals surface area contributed by atoms with Crippen molar-refractivity contribution in [2.24, 2.45) is 0 Å². The molecule has 0 aliphatic heterocycles. The van der Waals surface area contributed by atoms with Gasteiger partial charge in [0.25, 0.3) is 0 Å². The maximum Gasteiger partial charge on any atom is 0.235 e. The quantitative estimate of drug-likeness (QED) is 0.845. The Morgan fingerprint density at radius 2 is 2.07 bits per heavy atom. The van der Waals surface area contributed by atoms with Gasteiger partial charge in [-0.15, -0.1) is 11.6 Å². The van der Waals surface area contributed by atoms with E-state index < -0.39 is 0 Å². The monoisotopic (exact) mass is 275 g/mol. The predicted molar refractivity (Wildman–Crippen MR) is 61.4 cm³/mol. The molecule has 0 aromatic heterocycles. The Hall–Kier alpha value is -0.540. The number of nitrogens with one attached hydrogen (secondary N) is 1. The molecular formula is C10H11BrClNO. The average molecular weight is 277 g/mol. The second-order valence-corrected chi connectivity index (χ2v) is 4.16. The molecule has 0 saturated heterocycles. The summed E-state index contributed by atoms with van der Waals surface area (Å²) in [4.78, 5) is 11.0. The second kappa shape index (κ2) is 5.37. The van der Waals surface area contributed by atoms with Crippen LogP contribution < -0.4 is 5.32 Å². The van der Waals surface area contributed by atoms with E-state index in [0.29, 0.717) is 0 Å². The molecule has 0 radical (unpaired) electrons. The van der Waals surface area contributed by atoms with E-state index in [0.717, 1.165) is 10.0 Å². The van der Waals surface area contributed by atoms with E-state index in [2.05, 4.69) is 21.2 Å². The van der Waals surface area contributed by atoms with Crippen LogP contribution in [0, 0.1) is 0 Å². The fourth-order valence-electron chi connectivity index (χ4n) is 1.11. The number of rotatable bonds is 3. The van der Waals surface area contributed by atoms with Crippen LogP contribution in [0.3, 0.4) is 0 Å². The highest BCUT2D eigenvalue weighted by Gasteiger charge is 2.07. The van der Waals surface area contributed by atoms with Crippen molar-refractivity contribution < 1.29 is 4.79 Å². The Morgan fingerprint density at radius 1 is 1.50 bits per heavy atom. The third-order valence-electron chi connectivity index (χ3n) is 1.87. The van der Waals surface area contributed by atoms with Gasteiger partial charge in [0.05, 0.1) is 6.04 Å². The van der Waals surface area contributed by atoms with Crippen LogP contribution in [0.15, 0.2) is 28.7 Å². The van der Waals surface area contributed by atoms with Gasteiger partial charge in [0.15, 0.2) is 0 Å². The molecule has 1 atom stereocenters. The zero-order valence-electron chi connectivity index (χ0n) is 7.76. The van der Waals surface area contributed by atoms with E-state index in [4.69, 9.17) is 11.6 Å². The van der Waals surface area contributed by atoms with E-state index in [1.54, 1.807) is 0 Å². The number of carbonyl (C=O) groups is 1. The smallest absolute Gasteiger partial charge is 0.235 e. The van der Waals surface area contributed by atoms with Gasteiger partial charge < -0.3 is 5.32 Å². The van der Waals surface area contributed by atoms with Crippen molar-refractivity contribution >= 4 is 33.4 Å². The molecule has 0 heterocycles. The summed E-state index contributed by atoms with van der Waals surface area (Å²) in [6.45, 7) is 1.92. The van der Waals surface area contributed by atoms with Crippen molar-refractivity contribution in [3.63, 3.8) is 0 Å². The van der Waals surface area contributed by atoms with Crippen LogP contribution >= 0.6 is 27.5 Å². The number of hydrogen-bond donors (Lipinski definition) is 1. The molecule has 1 aromatic rings. The third kappa shape index (κ3) is 3.31. The number of hydrogen-bond acceptors (Lipinski definition) is 1. The first-order valence-electron chi connectivity index (χ1n) is 4.24. The van der Waals surface area contributed by atoms with Crippen LogP contribution in [0.4, 0.5) is 0 Å². The molecule has 0 aliphatic carbocycles.